The number of anilines is 1. The van der Waals surface area contributed by atoms with Crippen LogP contribution in [0.2, 0.25) is 5.02 Å². The number of carbonyl (C=O) groups is 2. The van der Waals surface area contributed by atoms with Crippen molar-refractivity contribution < 1.29 is 14.3 Å². The Labute approximate surface area is 97.7 Å². The van der Waals surface area contributed by atoms with Crippen molar-refractivity contribution in [2.75, 3.05) is 12.0 Å². The van der Waals surface area contributed by atoms with E-state index in [0.717, 1.165) is 4.90 Å². The fraction of sp³-hybridized carbons (Fsp3) is 0.273. The van der Waals surface area contributed by atoms with E-state index in [1.807, 2.05) is 0 Å². The summed E-state index contributed by atoms with van der Waals surface area (Å²) >= 11 is 5.93. The van der Waals surface area contributed by atoms with Crippen molar-refractivity contribution >= 4 is 29.1 Å². The van der Waals surface area contributed by atoms with Crippen LogP contribution in [0.1, 0.15) is 12.8 Å². The summed E-state index contributed by atoms with van der Waals surface area (Å²) in [7, 11) is 1.51. The van der Waals surface area contributed by atoms with Crippen molar-refractivity contribution in [3.8, 4) is 5.75 Å². The average Bonchev–Trinajstić information content (AvgIpc) is 2.58. The second kappa shape index (κ2) is 4.14. The van der Waals surface area contributed by atoms with Gasteiger partial charge in [0.25, 0.3) is 0 Å². The van der Waals surface area contributed by atoms with E-state index in [-0.39, 0.29) is 24.7 Å². The number of carbonyl (C=O) groups excluding carboxylic acids is 2. The molecule has 0 spiro atoms. The zero-order chi connectivity index (χ0) is 11.7. The van der Waals surface area contributed by atoms with Gasteiger partial charge in [-0.2, -0.15) is 0 Å². The lowest BCUT2D eigenvalue weighted by Crippen LogP contribution is -2.28. The Bertz CT molecular complexity index is 443. The molecule has 0 saturated carbocycles. The summed E-state index contributed by atoms with van der Waals surface area (Å²) in [5.41, 5.74) is 0.498. The topological polar surface area (TPSA) is 46.6 Å². The highest BCUT2D eigenvalue weighted by molar-refractivity contribution is 6.32. The Balaban J connectivity index is 2.37. The quantitative estimate of drug-likeness (QED) is 0.742. The van der Waals surface area contributed by atoms with Gasteiger partial charge in [-0.25, -0.2) is 0 Å². The Kier molecular flexibility index (Phi) is 2.83. The smallest absolute Gasteiger partial charge is 0.234 e. The lowest BCUT2D eigenvalue weighted by Gasteiger charge is -2.14. The molecule has 1 aliphatic heterocycles. The molecule has 1 heterocycles. The summed E-state index contributed by atoms with van der Waals surface area (Å²) in [6.07, 6.45) is 0.533. The summed E-state index contributed by atoms with van der Waals surface area (Å²) in [5.74, 6) is 0.141. The van der Waals surface area contributed by atoms with Crippen molar-refractivity contribution in [3.63, 3.8) is 0 Å². The molecule has 84 valence electrons. The highest BCUT2D eigenvalue weighted by Crippen LogP contribution is 2.31. The van der Waals surface area contributed by atoms with Crippen LogP contribution in [0.25, 0.3) is 0 Å². The predicted molar refractivity (Wildman–Crippen MR) is 59.7 cm³/mol. The van der Waals surface area contributed by atoms with Crippen molar-refractivity contribution in [2.24, 2.45) is 0 Å². The number of imide groups is 1. The molecule has 4 nitrogen and oxygen atoms in total. The number of benzene rings is 1. The van der Waals surface area contributed by atoms with Gasteiger partial charge in [-0.05, 0) is 18.2 Å². The molecule has 1 fully saturated rings. The number of rotatable bonds is 2. The van der Waals surface area contributed by atoms with Crippen LogP contribution in [0.15, 0.2) is 18.2 Å². The molecule has 0 aromatic heterocycles. The van der Waals surface area contributed by atoms with E-state index < -0.39 is 0 Å². The molecule has 1 aromatic rings. The number of methoxy groups -OCH3 is 1. The summed E-state index contributed by atoms with van der Waals surface area (Å²) < 4.78 is 5.00. The van der Waals surface area contributed by atoms with Gasteiger partial charge in [0.2, 0.25) is 11.8 Å². The minimum absolute atomic E-state index is 0.189. The summed E-state index contributed by atoms with van der Waals surface area (Å²) in [6, 6.07) is 4.84. The van der Waals surface area contributed by atoms with Crippen molar-refractivity contribution in [2.45, 2.75) is 12.8 Å². The van der Waals surface area contributed by atoms with Crippen LogP contribution >= 0.6 is 11.6 Å². The first-order valence-electron chi connectivity index (χ1n) is 4.83. The van der Waals surface area contributed by atoms with Crippen molar-refractivity contribution in [1.29, 1.82) is 0 Å². The molecule has 0 bridgehead atoms. The normalized spacial score (nSPS) is 15.8. The van der Waals surface area contributed by atoms with Crippen LogP contribution in [-0.4, -0.2) is 18.9 Å². The average molecular weight is 240 g/mol. The molecule has 0 radical (unpaired) electrons. The highest BCUT2D eigenvalue weighted by Gasteiger charge is 2.30. The third kappa shape index (κ3) is 1.76. The SMILES string of the molecule is COc1ccc(N2C(=O)CCC2=O)cc1Cl. The number of ether oxygens (including phenoxy) is 1. The van der Waals surface area contributed by atoms with E-state index in [4.69, 9.17) is 16.3 Å². The Morgan fingerprint density at radius 3 is 2.38 bits per heavy atom. The molecule has 16 heavy (non-hydrogen) atoms. The molecule has 0 N–H and O–H groups in total. The Hall–Kier alpha value is -1.55. The first kappa shape index (κ1) is 11.0. The second-order valence-electron chi connectivity index (χ2n) is 3.44. The van der Waals surface area contributed by atoms with Crippen LogP contribution in [0.4, 0.5) is 5.69 Å². The minimum atomic E-state index is -0.189. The number of nitrogens with zero attached hydrogens (tertiary/aromatic N) is 1. The van der Waals surface area contributed by atoms with E-state index in [2.05, 4.69) is 0 Å². The maximum Gasteiger partial charge on any atom is 0.234 e. The van der Waals surface area contributed by atoms with Crippen LogP contribution in [0.3, 0.4) is 0 Å². The van der Waals surface area contributed by atoms with E-state index in [1.165, 1.54) is 7.11 Å². The summed E-state index contributed by atoms with van der Waals surface area (Å²) in [4.78, 5) is 24.1. The third-order valence-corrected chi connectivity index (χ3v) is 2.74. The molecular weight excluding hydrogens is 230 g/mol. The lowest BCUT2D eigenvalue weighted by atomic mass is 10.3. The lowest BCUT2D eigenvalue weighted by molar-refractivity contribution is -0.121. The maximum absolute atomic E-state index is 11.5. The third-order valence-electron chi connectivity index (χ3n) is 2.45. The fourth-order valence-electron chi connectivity index (χ4n) is 1.66. The van der Waals surface area contributed by atoms with Gasteiger partial charge in [0.15, 0.2) is 0 Å². The first-order chi connectivity index (χ1) is 7.63. The van der Waals surface area contributed by atoms with Gasteiger partial charge >= 0.3 is 0 Å². The highest BCUT2D eigenvalue weighted by atomic mass is 35.5. The molecule has 1 saturated heterocycles. The second-order valence-corrected chi connectivity index (χ2v) is 3.85. The molecule has 1 aliphatic rings. The van der Waals surface area contributed by atoms with E-state index in [9.17, 15) is 9.59 Å². The molecule has 1 aromatic carbocycles. The number of hydrogen-bond donors (Lipinski definition) is 0. The number of hydrogen-bond acceptors (Lipinski definition) is 3. The molecule has 0 atom stereocenters. The monoisotopic (exact) mass is 239 g/mol. The van der Waals surface area contributed by atoms with E-state index >= 15 is 0 Å². The fourth-order valence-corrected chi connectivity index (χ4v) is 1.91. The molecule has 0 unspecified atom stereocenters. The number of halogens is 1. The molecule has 2 rings (SSSR count). The van der Waals surface area contributed by atoms with E-state index in [0.29, 0.717) is 16.5 Å². The van der Waals surface area contributed by atoms with Gasteiger partial charge in [-0.15, -0.1) is 0 Å². The molecule has 2 amide bonds. The standard InChI is InChI=1S/C11H10ClNO3/c1-16-9-3-2-7(6-8(9)12)13-10(14)4-5-11(13)15/h2-3,6H,4-5H2,1H3. The van der Waals surface area contributed by atoms with Crippen LogP contribution in [0.5, 0.6) is 5.75 Å². The zero-order valence-electron chi connectivity index (χ0n) is 8.70. The molecular formula is C11H10ClNO3. The van der Waals surface area contributed by atoms with Gasteiger partial charge in [-0.3, -0.25) is 14.5 Å². The first-order valence-corrected chi connectivity index (χ1v) is 5.20. The maximum atomic E-state index is 11.5. The molecule has 0 aliphatic carbocycles. The zero-order valence-corrected chi connectivity index (χ0v) is 9.45. The van der Waals surface area contributed by atoms with Crippen LogP contribution in [-0.2, 0) is 9.59 Å². The van der Waals surface area contributed by atoms with Crippen LogP contribution < -0.4 is 9.64 Å². The summed E-state index contributed by atoms with van der Waals surface area (Å²) in [6.45, 7) is 0. The Morgan fingerprint density at radius 1 is 1.25 bits per heavy atom. The van der Waals surface area contributed by atoms with Gasteiger partial charge in [0.1, 0.15) is 5.75 Å². The van der Waals surface area contributed by atoms with Gasteiger partial charge < -0.3 is 4.74 Å². The van der Waals surface area contributed by atoms with Gasteiger partial charge in [-0.1, -0.05) is 11.6 Å². The van der Waals surface area contributed by atoms with E-state index in [1.54, 1.807) is 18.2 Å². The van der Waals surface area contributed by atoms with Crippen molar-refractivity contribution in [1.82, 2.24) is 0 Å². The predicted octanol–water partition coefficient (Wildman–Crippen LogP) is 2.00. The van der Waals surface area contributed by atoms with Gasteiger partial charge in [0, 0.05) is 12.8 Å². The Morgan fingerprint density at radius 2 is 1.88 bits per heavy atom. The largest absolute Gasteiger partial charge is 0.495 e. The van der Waals surface area contributed by atoms with Gasteiger partial charge in [0.05, 0.1) is 17.8 Å². The minimum Gasteiger partial charge on any atom is -0.495 e. The van der Waals surface area contributed by atoms with Crippen molar-refractivity contribution in [3.05, 3.63) is 23.2 Å². The molecule has 5 heteroatoms. The number of amides is 2. The van der Waals surface area contributed by atoms with Crippen LogP contribution in [0, 0.1) is 0 Å². The summed E-state index contributed by atoms with van der Waals surface area (Å²) in [5, 5.41) is 0.382.